The molecule has 2 aliphatic heterocycles. The van der Waals surface area contributed by atoms with E-state index in [1.807, 2.05) is 30.9 Å². The fraction of sp³-hybridized carbons (Fsp3) is 0.406. The topological polar surface area (TPSA) is 96.6 Å². The van der Waals surface area contributed by atoms with E-state index in [0.29, 0.717) is 17.5 Å². The van der Waals surface area contributed by atoms with Crippen LogP contribution in [0.15, 0.2) is 42.5 Å². The van der Waals surface area contributed by atoms with Gasteiger partial charge in [0.05, 0.1) is 24.2 Å². The fourth-order valence-electron chi connectivity index (χ4n) is 7.14. The average Bonchev–Trinajstić information content (AvgIpc) is 3.68. The lowest BCUT2D eigenvalue weighted by atomic mass is 9.94. The van der Waals surface area contributed by atoms with E-state index in [1.165, 1.54) is 7.11 Å². The van der Waals surface area contributed by atoms with Gasteiger partial charge in [-0.05, 0) is 77.9 Å². The van der Waals surface area contributed by atoms with Crippen molar-refractivity contribution in [3.8, 4) is 16.9 Å². The van der Waals surface area contributed by atoms with E-state index in [9.17, 15) is 9.59 Å². The number of nitrogens with zero attached hydrogens (tertiary/aromatic N) is 2. The van der Waals surface area contributed by atoms with E-state index in [2.05, 4.69) is 40.6 Å². The highest BCUT2D eigenvalue weighted by molar-refractivity contribution is 6.30. The third-order valence-electron chi connectivity index (χ3n) is 9.13. The summed E-state index contributed by atoms with van der Waals surface area (Å²) in [7, 11) is 1.32. The van der Waals surface area contributed by atoms with Crippen LogP contribution in [0.5, 0.6) is 5.75 Å². The van der Waals surface area contributed by atoms with E-state index in [-0.39, 0.29) is 23.9 Å². The Morgan fingerprint density at radius 3 is 2.80 bits per heavy atom. The molecular formula is C32H33ClN4O4. The van der Waals surface area contributed by atoms with Gasteiger partial charge in [-0.3, -0.25) is 4.79 Å². The van der Waals surface area contributed by atoms with Gasteiger partial charge in [-0.15, -0.1) is 0 Å². The van der Waals surface area contributed by atoms with Crippen LogP contribution < -0.4 is 10.1 Å². The molecule has 9 heteroatoms. The normalized spacial score (nSPS) is 21.9. The van der Waals surface area contributed by atoms with Gasteiger partial charge in [0.25, 0.3) is 0 Å². The van der Waals surface area contributed by atoms with Crippen molar-refractivity contribution < 1.29 is 19.1 Å². The number of halogens is 1. The molecule has 3 heterocycles. The Bertz CT molecular complexity index is 1700. The monoisotopic (exact) mass is 572 g/mol. The molecule has 3 aromatic carbocycles. The first-order chi connectivity index (χ1) is 19.8. The number of rotatable bonds is 4. The highest BCUT2D eigenvalue weighted by Gasteiger charge is 2.49. The van der Waals surface area contributed by atoms with Crippen LogP contribution in [0.2, 0.25) is 5.02 Å². The lowest BCUT2D eigenvalue weighted by molar-refractivity contribution is -0.137. The summed E-state index contributed by atoms with van der Waals surface area (Å²) < 4.78 is 11.0. The molecule has 3 aliphatic rings. The molecule has 2 fully saturated rings. The largest absolute Gasteiger partial charge is 0.488 e. The summed E-state index contributed by atoms with van der Waals surface area (Å²) >= 11 is 6.23. The van der Waals surface area contributed by atoms with Crippen molar-refractivity contribution in [2.45, 2.75) is 64.3 Å². The zero-order chi connectivity index (χ0) is 28.4. The van der Waals surface area contributed by atoms with Crippen molar-refractivity contribution in [2.24, 2.45) is 11.8 Å². The number of alkyl carbamates (subject to hydrolysis) is 1. The van der Waals surface area contributed by atoms with Crippen LogP contribution in [0.3, 0.4) is 0 Å². The highest BCUT2D eigenvalue weighted by Crippen LogP contribution is 2.48. The summed E-state index contributed by atoms with van der Waals surface area (Å²) in [6.45, 7) is 4.35. The summed E-state index contributed by atoms with van der Waals surface area (Å²) in [6.07, 6.45) is 3.43. The minimum absolute atomic E-state index is 0.0728. The van der Waals surface area contributed by atoms with Crippen LogP contribution in [-0.4, -0.2) is 46.1 Å². The average molecular weight is 573 g/mol. The number of aromatic amines is 1. The molecule has 1 saturated carbocycles. The maximum atomic E-state index is 14.1. The van der Waals surface area contributed by atoms with Crippen molar-refractivity contribution in [1.29, 1.82) is 0 Å². The number of amides is 2. The van der Waals surface area contributed by atoms with Gasteiger partial charge in [0, 0.05) is 22.0 Å². The maximum Gasteiger partial charge on any atom is 0.407 e. The Balaban J connectivity index is 1.29. The van der Waals surface area contributed by atoms with E-state index >= 15 is 0 Å². The number of H-pyrrole nitrogens is 1. The summed E-state index contributed by atoms with van der Waals surface area (Å²) in [5.41, 5.74) is 5.04. The number of benzene rings is 3. The minimum atomic E-state index is -0.670. The smallest absolute Gasteiger partial charge is 0.407 e. The van der Waals surface area contributed by atoms with Crippen LogP contribution in [0.1, 0.15) is 57.0 Å². The van der Waals surface area contributed by atoms with Gasteiger partial charge in [0.2, 0.25) is 5.91 Å². The van der Waals surface area contributed by atoms with Gasteiger partial charge in [-0.25, -0.2) is 9.78 Å². The SMILES string of the molecule is COC(=O)NC(C(=O)N1C(c2nc3c(ccc4cc5c(cc43)OCc3cc(Cl)ccc3-5)[nH]2)CC2CCCC21)C(C)C. The Hall–Kier alpha value is -3.78. The summed E-state index contributed by atoms with van der Waals surface area (Å²) in [5, 5.41) is 5.55. The number of hydrogen-bond donors (Lipinski definition) is 2. The fourth-order valence-corrected chi connectivity index (χ4v) is 7.34. The highest BCUT2D eigenvalue weighted by atomic mass is 35.5. The van der Waals surface area contributed by atoms with Crippen molar-refractivity contribution in [1.82, 2.24) is 20.2 Å². The van der Waals surface area contributed by atoms with E-state index in [1.54, 1.807) is 0 Å². The number of fused-ring (bicyclic) bond motifs is 7. The van der Waals surface area contributed by atoms with Crippen LogP contribution in [-0.2, 0) is 16.1 Å². The van der Waals surface area contributed by atoms with Gasteiger partial charge in [0.1, 0.15) is 24.2 Å². The summed E-state index contributed by atoms with van der Waals surface area (Å²) in [6, 6.07) is 13.6. The number of imidazole rings is 1. The minimum Gasteiger partial charge on any atom is -0.488 e. The van der Waals surface area contributed by atoms with Crippen molar-refractivity contribution in [2.75, 3.05) is 7.11 Å². The molecule has 2 N–H and O–H groups in total. The third-order valence-corrected chi connectivity index (χ3v) is 9.36. The second-order valence-corrected chi connectivity index (χ2v) is 12.3. The molecular weight excluding hydrogens is 540 g/mol. The Labute approximate surface area is 243 Å². The lowest BCUT2D eigenvalue weighted by Gasteiger charge is -2.33. The molecule has 4 aromatic rings. The molecule has 2 amide bonds. The van der Waals surface area contributed by atoms with Crippen LogP contribution >= 0.6 is 11.6 Å². The molecule has 7 rings (SSSR count). The quantitative estimate of drug-likeness (QED) is 0.282. The number of aromatic nitrogens is 2. The molecule has 0 bridgehead atoms. The van der Waals surface area contributed by atoms with Crippen molar-refractivity contribution in [3.05, 3.63) is 58.9 Å². The molecule has 41 heavy (non-hydrogen) atoms. The Kier molecular flexibility index (Phi) is 6.34. The van der Waals surface area contributed by atoms with Crippen LogP contribution in [0.4, 0.5) is 4.79 Å². The second kappa shape index (κ2) is 9.94. The second-order valence-electron chi connectivity index (χ2n) is 11.9. The number of hydrogen-bond acceptors (Lipinski definition) is 5. The number of ether oxygens (including phenoxy) is 2. The van der Waals surface area contributed by atoms with Gasteiger partial charge in [-0.1, -0.05) is 44.0 Å². The molecule has 0 radical (unpaired) electrons. The first kappa shape index (κ1) is 26.1. The van der Waals surface area contributed by atoms with Gasteiger partial charge in [0.15, 0.2) is 0 Å². The predicted molar refractivity (Wildman–Crippen MR) is 158 cm³/mol. The van der Waals surface area contributed by atoms with Crippen LogP contribution in [0.25, 0.3) is 32.9 Å². The number of nitrogens with one attached hydrogen (secondary N) is 2. The molecule has 1 aromatic heterocycles. The zero-order valence-corrected chi connectivity index (χ0v) is 24.1. The lowest BCUT2D eigenvalue weighted by Crippen LogP contribution is -2.53. The molecule has 8 nitrogen and oxygen atoms in total. The summed E-state index contributed by atoms with van der Waals surface area (Å²) in [5.74, 6) is 1.87. The first-order valence-electron chi connectivity index (χ1n) is 14.4. The predicted octanol–water partition coefficient (Wildman–Crippen LogP) is 6.75. The van der Waals surface area contributed by atoms with Crippen molar-refractivity contribution in [3.63, 3.8) is 0 Å². The zero-order valence-electron chi connectivity index (χ0n) is 23.4. The van der Waals surface area contributed by atoms with Gasteiger partial charge in [-0.2, -0.15) is 0 Å². The number of likely N-dealkylation sites (tertiary alicyclic amines) is 1. The van der Waals surface area contributed by atoms with Crippen molar-refractivity contribution >= 4 is 45.4 Å². The van der Waals surface area contributed by atoms with Gasteiger partial charge < -0.3 is 24.7 Å². The molecule has 4 atom stereocenters. The molecule has 212 valence electrons. The number of carbonyl (C=O) groups is 2. The molecule has 0 spiro atoms. The number of carbonyl (C=O) groups excluding carboxylic acids is 2. The summed E-state index contributed by atoms with van der Waals surface area (Å²) in [4.78, 5) is 36.9. The van der Waals surface area contributed by atoms with E-state index < -0.39 is 12.1 Å². The number of methoxy groups -OCH3 is 1. The first-order valence-corrected chi connectivity index (χ1v) is 14.7. The van der Waals surface area contributed by atoms with Gasteiger partial charge >= 0.3 is 6.09 Å². The van der Waals surface area contributed by atoms with E-state index in [4.69, 9.17) is 26.1 Å². The van der Waals surface area contributed by atoms with Crippen LogP contribution in [0, 0.1) is 11.8 Å². The van der Waals surface area contributed by atoms with E-state index in [0.717, 1.165) is 75.8 Å². The molecule has 1 aliphatic carbocycles. The maximum absolute atomic E-state index is 14.1. The molecule has 1 saturated heterocycles. The Morgan fingerprint density at radius 2 is 2.00 bits per heavy atom. The third kappa shape index (κ3) is 4.31. The standard InChI is InChI=1S/C32H33ClN4O4/c1-16(2)28(36-32(39)40-3)31(38)37-25-6-4-5-18(25)13-26(37)30-34-24-10-7-17-12-23-21-9-8-20(33)11-19(21)15-41-27(23)14-22(17)29(24)35-30/h7-12,14,16,18,25-26,28H,4-6,13,15H2,1-3H3,(H,34,35)(H,36,39). The molecule has 4 unspecified atom stereocenters. The Morgan fingerprint density at radius 1 is 1.15 bits per heavy atom.